The van der Waals surface area contributed by atoms with Gasteiger partial charge >= 0.3 is 0 Å². The van der Waals surface area contributed by atoms with E-state index in [1.165, 1.54) is 0 Å². The van der Waals surface area contributed by atoms with Crippen LogP contribution < -0.4 is 23.8 Å². The molecule has 0 saturated heterocycles. The first kappa shape index (κ1) is 43.7. The summed E-state index contributed by atoms with van der Waals surface area (Å²) in [5, 5.41) is 36.7. The van der Waals surface area contributed by atoms with Crippen LogP contribution in [0.5, 0.6) is 23.0 Å². The number of nitrogens with zero attached hydrogens (tertiary/aromatic N) is 1. The second kappa shape index (κ2) is 23.1. The van der Waals surface area contributed by atoms with Gasteiger partial charge in [-0.15, -0.1) is 0 Å². The van der Waals surface area contributed by atoms with E-state index in [-0.39, 0.29) is 52.9 Å². The fourth-order valence-corrected chi connectivity index (χ4v) is 6.48. The molecule has 0 heterocycles. The Bertz CT molecular complexity index is 2280. The third-order valence-electron chi connectivity index (χ3n) is 9.50. The molecule has 0 aliphatic carbocycles. The van der Waals surface area contributed by atoms with E-state index in [0.717, 1.165) is 55.9 Å². The highest BCUT2D eigenvalue weighted by atomic mass is 16.5. The third-order valence-corrected chi connectivity index (χ3v) is 9.50. The third kappa shape index (κ3) is 12.6. The standard InChI is InChI=1S/C52H51NO8/c1-2-40(41-9-21-48(22-10-41)58-34-30-54)4-3-29-53(47-19-7-42(8-20-47)43-11-23-49(24-12-43)59-35-31-55)46-17-5-39(6-18-46)38-52(44-13-25-50(26-14-44)60-36-32-56)45-15-27-51(28-16-45)61-37-33-57/h2-29,38,54-57H,1,30-37H2/b29-3+,40-4+. The Morgan fingerprint density at radius 3 is 1.21 bits per heavy atom. The zero-order chi connectivity index (χ0) is 42.7. The number of aliphatic hydroxyl groups is 4. The Morgan fingerprint density at radius 2 is 0.820 bits per heavy atom. The topological polar surface area (TPSA) is 121 Å². The van der Waals surface area contributed by atoms with Gasteiger partial charge in [0, 0.05) is 17.6 Å². The van der Waals surface area contributed by atoms with Crippen molar-refractivity contribution < 1.29 is 39.4 Å². The molecule has 0 atom stereocenters. The van der Waals surface area contributed by atoms with Gasteiger partial charge < -0.3 is 44.3 Å². The van der Waals surface area contributed by atoms with Crippen molar-refractivity contribution in [2.24, 2.45) is 0 Å². The first-order chi connectivity index (χ1) is 30.0. The number of hydrogen-bond donors (Lipinski definition) is 4. The molecule has 0 aliphatic heterocycles. The lowest BCUT2D eigenvalue weighted by Gasteiger charge is -2.21. The van der Waals surface area contributed by atoms with Crippen molar-refractivity contribution in [3.8, 4) is 34.1 Å². The van der Waals surface area contributed by atoms with E-state index in [4.69, 9.17) is 29.2 Å². The van der Waals surface area contributed by atoms with Crippen LogP contribution in [0.1, 0.15) is 22.3 Å². The summed E-state index contributed by atoms with van der Waals surface area (Å²) < 4.78 is 22.3. The highest BCUT2D eigenvalue weighted by Gasteiger charge is 2.11. The van der Waals surface area contributed by atoms with Gasteiger partial charge in [0.25, 0.3) is 0 Å². The Labute approximate surface area is 357 Å². The van der Waals surface area contributed by atoms with Gasteiger partial charge in [0.05, 0.1) is 26.4 Å². The van der Waals surface area contributed by atoms with Crippen LogP contribution >= 0.6 is 0 Å². The predicted octanol–water partition coefficient (Wildman–Crippen LogP) is 9.35. The SMILES string of the molecule is C=C/C(=C\C=C\N(c1ccc(C=C(c2ccc(OCCO)cc2)c2ccc(OCCO)cc2)cc1)c1ccc(-c2ccc(OCCO)cc2)cc1)c1ccc(OCCO)cc1. The first-order valence-electron chi connectivity index (χ1n) is 20.1. The summed E-state index contributed by atoms with van der Waals surface area (Å²) >= 11 is 0. The van der Waals surface area contributed by atoms with E-state index >= 15 is 0 Å². The summed E-state index contributed by atoms with van der Waals surface area (Å²) in [6.45, 7) is 4.78. The average molecular weight is 818 g/mol. The van der Waals surface area contributed by atoms with E-state index < -0.39 is 0 Å². The van der Waals surface area contributed by atoms with Crippen LogP contribution in [0.2, 0.25) is 0 Å². The molecule has 6 aromatic carbocycles. The van der Waals surface area contributed by atoms with Crippen LogP contribution in [0.3, 0.4) is 0 Å². The molecule has 6 rings (SSSR count). The molecule has 0 radical (unpaired) electrons. The molecular weight excluding hydrogens is 767 g/mol. The van der Waals surface area contributed by atoms with Gasteiger partial charge in [0.15, 0.2) is 0 Å². The molecule has 0 fully saturated rings. The van der Waals surface area contributed by atoms with Gasteiger partial charge in [0.2, 0.25) is 0 Å². The largest absolute Gasteiger partial charge is 0.491 e. The van der Waals surface area contributed by atoms with Crippen LogP contribution in [0.25, 0.3) is 28.3 Å². The van der Waals surface area contributed by atoms with Crippen molar-refractivity contribution in [2.75, 3.05) is 57.8 Å². The van der Waals surface area contributed by atoms with Crippen molar-refractivity contribution in [2.45, 2.75) is 0 Å². The maximum atomic E-state index is 9.22. The van der Waals surface area contributed by atoms with Crippen LogP contribution in [-0.4, -0.2) is 73.3 Å². The van der Waals surface area contributed by atoms with E-state index in [1.807, 2.05) is 121 Å². The van der Waals surface area contributed by atoms with Crippen LogP contribution in [0, 0.1) is 0 Å². The number of hydrogen-bond acceptors (Lipinski definition) is 9. The number of anilines is 2. The van der Waals surface area contributed by atoms with Crippen LogP contribution in [-0.2, 0) is 0 Å². The second-order valence-corrected chi connectivity index (χ2v) is 13.6. The zero-order valence-electron chi connectivity index (χ0n) is 34.0. The fraction of sp³-hybridized carbons (Fsp3) is 0.154. The predicted molar refractivity (Wildman–Crippen MR) is 244 cm³/mol. The maximum absolute atomic E-state index is 9.22. The van der Waals surface area contributed by atoms with E-state index in [2.05, 4.69) is 66.1 Å². The number of rotatable bonds is 22. The Kier molecular flexibility index (Phi) is 16.5. The van der Waals surface area contributed by atoms with E-state index in [9.17, 15) is 10.2 Å². The molecule has 0 unspecified atom stereocenters. The Morgan fingerprint density at radius 1 is 0.459 bits per heavy atom. The summed E-state index contributed by atoms with van der Waals surface area (Å²) in [5.41, 5.74) is 9.86. The smallest absolute Gasteiger partial charge is 0.119 e. The summed E-state index contributed by atoms with van der Waals surface area (Å²) in [7, 11) is 0. The zero-order valence-corrected chi connectivity index (χ0v) is 34.0. The van der Waals surface area contributed by atoms with Gasteiger partial charge in [-0.25, -0.2) is 0 Å². The van der Waals surface area contributed by atoms with Crippen molar-refractivity contribution in [1.82, 2.24) is 0 Å². The summed E-state index contributed by atoms with van der Waals surface area (Å²) in [5.74, 6) is 2.74. The number of allylic oxidation sites excluding steroid dienone is 4. The maximum Gasteiger partial charge on any atom is 0.119 e. The number of aliphatic hydroxyl groups excluding tert-OH is 4. The van der Waals surface area contributed by atoms with Gasteiger partial charge in [-0.05, 0) is 129 Å². The number of benzene rings is 6. The molecule has 0 amide bonds. The minimum atomic E-state index is -0.0611. The highest BCUT2D eigenvalue weighted by molar-refractivity contribution is 5.92. The van der Waals surface area contributed by atoms with E-state index in [0.29, 0.717) is 23.0 Å². The fourth-order valence-electron chi connectivity index (χ4n) is 6.48. The number of ether oxygens (including phenoxy) is 4. The lowest BCUT2D eigenvalue weighted by atomic mass is 9.95. The summed E-state index contributed by atoms with van der Waals surface area (Å²) in [6.07, 6.45) is 10.0. The molecule has 4 N–H and O–H groups in total. The molecule has 9 heteroatoms. The van der Waals surface area contributed by atoms with Gasteiger partial charge in [0.1, 0.15) is 49.4 Å². The van der Waals surface area contributed by atoms with Crippen LogP contribution in [0.15, 0.2) is 177 Å². The van der Waals surface area contributed by atoms with Gasteiger partial charge in [-0.1, -0.05) is 91.5 Å². The van der Waals surface area contributed by atoms with Gasteiger partial charge in [-0.2, -0.15) is 0 Å². The van der Waals surface area contributed by atoms with Gasteiger partial charge in [-0.3, -0.25) is 0 Å². The Hall–Kier alpha value is -6.88. The highest BCUT2D eigenvalue weighted by Crippen LogP contribution is 2.33. The molecule has 0 aliphatic rings. The monoisotopic (exact) mass is 817 g/mol. The molecule has 0 saturated carbocycles. The molecule has 0 spiro atoms. The van der Waals surface area contributed by atoms with Crippen molar-refractivity contribution >= 4 is 28.6 Å². The van der Waals surface area contributed by atoms with E-state index in [1.54, 1.807) is 0 Å². The molecule has 312 valence electrons. The normalized spacial score (nSPS) is 11.2. The van der Waals surface area contributed by atoms with Crippen molar-refractivity contribution in [3.63, 3.8) is 0 Å². The molecule has 6 aromatic rings. The Balaban J connectivity index is 1.32. The minimum absolute atomic E-state index is 0.0380. The lowest BCUT2D eigenvalue weighted by Crippen LogP contribution is -2.08. The quantitative estimate of drug-likeness (QED) is 0.0393. The first-order valence-corrected chi connectivity index (χ1v) is 20.1. The molecular formula is C52H51NO8. The minimum Gasteiger partial charge on any atom is -0.491 e. The second-order valence-electron chi connectivity index (χ2n) is 13.6. The molecule has 61 heavy (non-hydrogen) atoms. The average Bonchev–Trinajstić information content (AvgIpc) is 3.32. The van der Waals surface area contributed by atoms with Crippen molar-refractivity contribution in [1.29, 1.82) is 0 Å². The van der Waals surface area contributed by atoms with Crippen LogP contribution in [0.4, 0.5) is 11.4 Å². The van der Waals surface area contributed by atoms with Crippen molar-refractivity contribution in [3.05, 3.63) is 199 Å². The molecule has 0 bridgehead atoms. The molecule has 0 aromatic heterocycles. The molecule has 9 nitrogen and oxygen atoms in total. The summed E-state index contributed by atoms with van der Waals surface area (Å²) in [6, 6.07) is 47.8. The summed E-state index contributed by atoms with van der Waals surface area (Å²) in [4.78, 5) is 2.13. The lowest BCUT2D eigenvalue weighted by molar-refractivity contribution is 0.201.